The van der Waals surface area contributed by atoms with Crippen LogP contribution >= 0.6 is 11.6 Å². The first-order valence-electron chi connectivity index (χ1n) is 6.04. The molecular formula is C12H17ClN2O4S. The molecule has 0 fully saturated rings. The Balaban J connectivity index is 2.69. The Morgan fingerprint density at radius 3 is 2.70 bits per heavy atom. The summed E-state index contributed by atoms with van der Waals surface area (Å²) in [5.74, 6) is -0.311. The average Bonchev–Trinajstić information content (AvgIpc) is 2.36. The highest BCUT2D eigenvalue weighted by atomic mass is 35.5. The van der Waals surface area contributed by atoms with E-state index in [-0.39, 0.29) is 27.9 Å². The molecular weight excluding hydrogens is 304 g/mol. The summed E-state index contributed by atoms with van der Waals surface area (Å²) < 4.78 is 27.6. The zero-order chi connectivity index (χ0) is 15.2. The summed E-state index contributed by atoms with van der Waals surface area (Å²) in [5, 5.41) is 7.78. The van der Waals surface area contributed by atoms with Crippen LogP contribution in [-0.4, -0.2) is 27.5 Å². The number of halogens is 1. The maximum Gasteiger partial charge on any atom is 0.238 e. The van der Waals surface area contributed by atoms with E-state index < -0.39 is 10.0 Å². The number of sulfonamides is 1. The lowest BCUT2D eigenvalue weighted by atomic mass is 10.3. The fraction of sp³-hybridized carbons (Fsp3) is 0.417. The molecule has 20 heavy (non-hydrogen) atoms. The maximum absolute atomic E-state index is 11.7. The van der Waals surface area contributed by atoms with Crippen molar-refractivity contribution >= 4 is 33.2 Å². The topological polar surface area (TPSA) is 98.5 Å². The lowest BCUT2D eigenvalue weighted by Crippen LogP contribution is -2.16. The van der Waals surface area contributed by atoms with Crippen molar-refractivity contribution in [2.24, 2.45) is 5.14 Å². The van der Waals surface area contributed by atoms with Crippen molar-refractivity contribution in [2.75, 3.05) is 18.5 Å². The number of nitrogens with one attached hydrogen (secondary N) is 1. The SMILES string of the molecule is CCCOCCC(=O)Nc1cc(S(N)(=O)=O)ccc1Cl. The summed E-state index contributed by atoms with van der Waals surface area (Å²) in [7, 11) is -3.84. The summed E-state index contributed by atoms with van der Waals surface area (Å²) in [6.45, 7) is 2.86. The maximum atomic E-state index is 11.7. The Hall–Kier alpha value is -1.15. The highest BCUT2D eigenvalue weighted by molar-refractivity contribution is 7.89. The van der Waals surface area contributed by atoms with Crippen molar-refractivity contribution in [3.63, 3.8) is 0 Å². The Morgan fingerprint density at radius 2 is 2.10 bits per heavy atom. The number of primary sulfonamides is 1. The normalized spacial score (nSPS) is 11.3. The van der Waals surface area contributed by atoms with Gasteiger partial charge < -0.3 is 10.1 Å². The van der Waals surface area contributed by atoms with Gasteiger partial charge in [-0.2, -0.15) is 0 Å². The van der Waals surface area contributed by atoms with Gasteiger partial charge in [-0.15, -0.1) is 0 Å². The van der Waals surface area contributed by atoms with Crippen LogP contribution in [0.2, 0.25) is 5.02 Å². The Kier molecular flexibility index (Phi) is 6.41. The second-order valence-corrected chi connectivity index (χ2v) is 6.07. The van der Waals surface area contributed by atoms with Gasteiger partial charge in [0, 0.05) is 6.61 Å². The van der Waals surface area contributed by atoms with Crippen LogP contribution in [0.5, 0.6) is 0 Å². The van der Waals surface area contributed by atoms with E-state index in [0.717, 1.165) is 6.42 Å². The monoisotopic (exact) mass is 320 g/mol. The van der Waals surface area contributed by atoms with Crippen molar-refractivity contribution in [3.05, 3.63) is 23.2 Å². The van der Waals surface area contributed by atoms with Gasteiger partial charge in [-0.05, 0) is 24.6 Å². The third kappa shape index (κ3) is 5.46. The largest absolute Gasteiger partial charge is 0.381 e. The van der Waals surface area contributed by atoms with Crippen LogP contribution in [0.1, 0.15) is 19.8 Å². The first-order valence-corrected chi connectivity index (χ1v) is 7.97. The van der Waals surface area contributed by atoms with E-state index >= 15 is 0 Å². The molecule has 0 radical (unpaired) electrons. The number of carbonyl (C=O) groups is 1. The van der Waals surface area contributed by atoms with Crippen molar-refractivity contribution < 1.29 is 17.9 Å². The Bertz CT molecular complexity index is 575. The molecule has 0 aliphatic rings. The fourth-order valence-corrected chi connectivity index (χ4v) is 2.11. The van der Waals surface area contributed by atoms with E-state index in [1.165, 1.54) is 18.2 Å². The van der Waals surface area contributed by atoms with Crippen LogP contribution in [0.25, 0.3) is 0 Å². The van der Waals surface area contributed by atoms with Gasteiger partial charge in [0.05, 0.1) is 28.6 Å². The molecule has 0 atom stereocenters. The van der Waals surface area contributed by atoms with Gasteiger partial charge >= 0.3 is 0 Å². The number of hydrogen-bond acceptors (Lipinski definition) is 4. The molecule has 0 heterocycles. The molecule has 0 saturated carbocycles. The molecule has 0 aromatic heterocycles. The third-order valence-electron chi connectivity index (χ3n) is 2.36. The molecule has 0 saturated heterocycles. The summed E-state index contributed by atoms with van der Waals surface area (Å²) in [6, 6.07) is 3.87. The van der Waals surface area contributed by atoms with Crippen molar-refractivity contribution in [3.8, 4) is 0 Å². The summed E-state index contributed by atoms with van der Waals surface area (Å²) in [5.41, 5.74) is 0.207. The number of anilines is 1. The number of carbonyl (C=O) groups excluding carboxylic acids is 1. The molecule has 1 aromatic rings. The average molecular weight is 321 g/mol. The van der Waals surface area contributed by atoms with Gasteiger partial charge in [-0.1, -0.05) is 18.5 Å². The smallest absolute Gasteiger partial charge is 0.238 e. The number of rotatable bonds is 7. The van der Waals surface area contributed by atoms with Crippen LogP contribution in [0, 0.1) is 0 Å². The molecule has 6 nitrogen and oxygen atoms in total. The summed E-state index contributed by atoms with van der Waals surface area (Å²) >= 11 is 5.89. The summed E-state index contributed by atoms with van der Waals surface area (Å²) in [6.07, 6.45) is 1.04. The van der Waals surface area contributed by atoms with Gasteiger partial charge in [-0.3, -0.25) is 4.79 Å². The van der Waals surface area contributed by atoms with Gasteiger partial charge in [0.1, 0.15) is 0 Å². The lowest BCUT2D eigenvalue weighted by molar-refractivity contribution is -0.117. The molecule has 112 valence electrons. The van der Waals surface area contributed by atoms with Gasteiger partial charge in [-0.25, -0.2) is 13.6 Å². The Morgan fingerprint density at radius 1 is 1.40 bits per heavy atom. The van der Waals surface area contributed by atoms with Crippen molar-refractivity contribution in [1.29, 1.82) is 0 Å². The van der Waals surface area contributed by atoms with E-state index in [0.29, 0.717) is 13.2 Å². The van der Waals surface area contributed by atoms with Gasteiger partial charge in [0.2, 0.25) is 15.9 Å². The minimum absolute atomic E-state index is 0.112. The minimum atomic E-state index is -3.84. The van der Waals surface area contributed by atoms with Crippen LogP contribution in [0.15, 0.2) is 23.1 Å². The molecule has 1 aromatic carbocycles. The van der Waals surface area contributed by atoms with Crippen LogP contribution < -0.4 is 10.5 Å². The summed E-state index contributed by atoms with van der Waals surface area (Å²) in [4.78, 5) is 11.5. The molecule has 1 rings (SSSR count). The highest BCUT2D eigenvalue weighted by Crippen LogP contribution is 2.24. The first-order chi connectivity index (χ1) is 9.34. The predicted octanol–water partition coefficient (Wildman–Crippen LogP) is 1.74. The van der Waals surface area contributed by atoms with Crippen LogP contribution in [0.4, 0.5) is 5.69 Å². The second-order valence-electron chi connectivity index (χ2n) is 4.10. The second kappa shape index (κ2) is 7.58. The number of ether oxygens (including phenoxy) is 1. The quantitative estimate of drug-likeness (QED) is 0.747. The molecule has 3 N–H and O–H groups in total. The predicted molar refractivity (Wildman–Crippen MR) is 77.2 cm³/mol. The molecule has 8 heteroatoms. The van der Waals surface area contributed by atoms with E-state index in [9.17, 15) is 13.2 Å². The Labute approximate surface area is 123 Å². The standard InChI is InChI=1S/C12H17ClN2O4S/c1-2-6-19-7-5-12(16)15-11-8-9(20(14,17)18)3-4-10(11)13/h3-4,8H,2,5-7H2,1H3,(H,15,16)(H2,14,17,18). The van der Waals surface area contributed by atoms with E-state index in [4.69, 9.17) is 21.5 Å². The van der Waals surface area contributed by atoms with Crippen molar-refractivity contribution in [2.45, 2.75) is 24.7 Å². The van der Waals surface area contributed by atoms with E-state index in [1.807, 2.05) is 6.92 Å². The zero-order valence-electron chi connectivity index (χ0n) is 11.1. The molecule has 0 unspecified atom stereocenters. The fourth-order valence-electron chi connectivity index (χ4n) is 1.40. The van der Waals surface area contributed by atoms with Crippen molar-refractivity contribution in [1.82, 2.24) is 0 Å². The van der Waals surface area contributed by atoms with Crippen LogP contribution in [0.3, 0.4) is 0 Å². The highest BCUT2D eigenvalue weighted by Gasteiger charge is 2.12. The van der Waals surface area contributed by atoms with E-state index in [2.05, 4.69) is 5.32 Å². The van der Waals surface area contributed by atoms with E-state index in [1.54, 1.807) is 0 Å². The molecule has 0 aliphatic heterocycles. The van der Waals surface area contributed by atoms with Gasteiger partial charge in [0.25, 0.3) is 0 Å². The minimum Gasteiger partial charge on any atom is -0.381 e. The number of nitrogens with two attached hydrogens (primary N) is 1. The van der Waals surface area contributed by atoms with Gasteiger partial charge in [0.15, 0.2) is 0 Å². The van der Waals surface area contributed by atoms with Crippen LogP contribution in [-0.2, 0) is 19.6 Å². The number of benzene rings is 1. The number of hydrogen-bond donors (Lipinski definition) is 2. The number of amides is 1. The first kappa shape index (κ1) is 16.9. The molecule has 0 aliphatic carbocycles. The molecule has 0 bridgehead atoms. The third-order valence-corrected chi connectivity index (χ3v) is 3.60. The lowest BCUT2D eigenvalue weighted by Gasteiger charge is -2.09. The molecule has 1 amide bonds. The molecule has 0 spiro atoms. The zero-order valence-corrected chi connectivity index (χ0v) is 12.6.